The van der Waals surface area contributed by atoms with Crippen molar-refractivity contribution in [3.63, 3.8) is 0 Å². The first-order valence-corrected chi connectivity index (χ1v) is 10.3. The number of hydrogen-bond acceptors (Lipinski definition) is 9. The van der Waals surface area contributed by atoms with Gasteiger partial charge in [-0.25, -0.2) is 15.0 Å². The number of nitrogens with zero attached hydrogens (tertiary/aromatic N) is 6. The van der Waals surface area contributed by atoms with Crippen molar-refractivity contribution < 1.29 is 9.84 Å². The minimum absolute atomic E-state index is 0.0783. The van der Waals surface area contributed by atoms with Gasteiger partial charge < -0.3 is 20.1 Å². The Bertz CT molecular complexity index is 1040. The summed E-state index contributed by atoms with van der Waals surface area (Å²) in [6.45, 7) is 8.24. The third kappa shape index (κ3) is 4.56. The van der Waals surface area contributed by atoms with E-state index in [1.54, 1.807) is 31.5 Å². The molecule has 9 heteroatoms. The summed E-state index contributed by atoms with van der Waals surface area (Å²) < 4.78 is 5.14. The Balaban J connectivity index is 1.55. The van der Waals surface area contributed by atoms with Crippen LogP contribution in [0, 0.1) is 5.92 Å². The minimum atomic E-state index is 0.0783. The summed E-state index contributed by atoms with van der Waals surface area (Å²) in [6.07, 6.45) is 3.08. The van der Waals surface area contributed by atoms with Crippen molar-refractivity contribution >= 4 is 5.95 Å². The Labute approximate surface area is 181 Å². The molecule has 9 nitrogen and oxygen atoms in total. The fraction of sp³-hybridized carbons (Fsp3) is 0.409. The maximum atomic E-state index is 10.6. The van der Waals surface area contributed by atoms with Crippen molar-refractivity contribution in [2.45, 2.75) is 32.9 Å². The predicted octanol–water partition coefficient (Wildman–Crippen LogP) is 2.53. The number of ether oxygens (including phenoxy) is 1. The standard InChI is InChI=1S/C22H27N7O2/c1-13(2)19-11-29(10-14(3)26-19)22-23-9-18(27-28-22)16-6-5-15(7-20(16)30)17-8-21(31-4)25-12-24-17/h5-9,12-14,19,26,30H,10-11H2,1-4H3/t14-,19-/m1/s1. The number of piperazine rings is 1. The van der Waals surface area contributed by atoms with Gasteiger partial charge in [-0.3, -0.25) is 0 Å². The summed E-state index contributed by atoms with van der Waals surface area (Å²) >= 11 is 0. The monoisotopic (exact) mass is 421 g/mol. The number of phenolic OH excluding ortho intramolecular Hbond substituents is 1. The molecule has 0 amide bonds. The van der Waals surface area contributed by atoms with E-state index in [0.717, 1.165) is 18.7 Å². The fourth-order valence-corrected chi connectivity index (χ4v) is 3.73. The van der Waals surface area contributed by atoms with Crippen molar-refractivity contribution in [3.8, 4) is 34.1 Å². The summed E-state index contributed by atoms with van der Waals surface area (Å²) in [5, 5.41) is 22.9. The summed E-state index contributed by atoms with van der Waals surface area (Å²) in [6, 6.07) is 7.72. The number of nitrogens with one attached hydrogen (secondary N) is 1. The lowest BCUT2D eigenvalue weighted by atomic mass is 10.00. The zero-order valence-electron chi connectivity index (χ0n) is 18.1. The van der Waals surface area contributed by atoms with Crippen LogP contribution in [0.15, 0.2) is 36.8 Å². The van der Waals surface area contributed by atoms with Crippen molar-refractivity contribution in [1.29, 1.82) is 0 Å². The molecule has 0 bridgehead atoms. The molecular weight excluding hydrogens is 394 g/mol. The summed E-state index contributed by atoms with van der Waals surface area (Å²) in [5.41, 5.74) is 2.47. The maximum Gasteiger partial charge on any atom is 0.245 e. The number of benzene rings is 1. The lowest BCUT2D eigenvalue weighted by Crippen LogP contribution is -2.57. The van der Waals surface area contributed by atoms with Gasteiger partial charge in [0.15, 0.2) is 0 Å². The van der Waals surface area contributed by atoms with E-state index in [-0.39, 0.29) is 5.75 Å². The summed E-state index contributed by atoms with van der Waals surface area (Å²) in [5.74, 6) is 1.66. The van der Waals surface area contributed by atoms with Crippen LogP contribution in [-0.4, -0.2) is 62.5 Å². The highest BCUT2D eigenvalue weighted by Gasteiger charge is 2.27. The number of rotatable bonds is 5. The molecule has 0 saturated carbocycles. The molecule has 1 fully saturated rings. The topological polar surface area (TPSA) is 109 Å². The first kappa shape index (κ1) is 20.9. The number of methoxy groups -OCH3 is 1. The van der Waals surface area contributed by atoms with Crippen molar-refractivity contribution in [2.24, 2.45) is 5.92 Å². The molecule has 1 aliphatic rings. The van der Waals surface area contributed by atoms with Crippen LogP contribution in [0.4, 0.5) is 5.95 Å². The SMILES string of the molecule is COc1cc(-c2ccc(-c3cnc(N4C[C@@H](C)N[C@@H](C(C)C)C4)nn3)c(O)c2)ncn1. The molecular formula is C22H27N7O2. The zero-order valence-corrected chi connectivity index (χ0v) is 18.1. The number of anilines is 1. The number of phenols is 1. The smallest absolute Gasteiger partial charge is 0.245 e. The van der Waals surface area contributed by atoms with E-state index in [2.05, 4.69) is 56.1 Å². The summed E-state index contributed by atoms with van der Waals surface area (Å²) in [4.78, 5) is 14.9. The van der Waals surface area contributed by atoms with Crippen LogP contribution < -0.4 is 15.0 Å². The minimum Gasteiger partial charge on any atom is -0.507 e. The molecule has 1 aromatic carbocycles. The normalized spacial score (nSPS) is 18.9. The quantitative estimate of drug-likeness (QED) is 0.642. The van der Waals surface area contributed by atoms with E-state index >= 15 is 0 Å². The largest absolute Gasteiger partial charge is 0.507 e. The second kappa shape index (κ2) is 8.81. The Kier molecular flexibility index (Phi) is 5.94. The Morgan fingerprint density at radius 3 is 2.61 bits per heavy atom. The lowest BCUT2D eigenvalue weighted by molar-refractivity contribution is 0.319. The molecule has 162 valence electrons. The highest BCUT2D eigenvalue weighted by molar-refractivity contribution is 5.72. The molecule has 3 aromatic rings. The van der Waals surface area contributed by atoms with E-state index in [9.17, 15) is 5.11 Å². The number of hydrogen-bond donors (Lipinski definition) is 2. The van der Waals surface area contributed by atoms with Gasteiger partial charge >= 0.3 is 0 Å². The average Bonchev–Trinajstić information content (AvgIpc) is 2.78. The van der Waals surface area contributed by atoms with Crippen LogP contribution in [0.25, 0.3) is 22.5 Å². The second-order valence-corrected chi connectivity index (χ2v) is 8.14. The molecule has 2 atom stereocenters. The molecule has 0 unspecified atom stereocenters. The highest BCUT2D eigenvalue weighted by Crippen LogP contribution is 2.32. The first-order valence-electron chi connectivity index (χ1n) is 10.3. The maximum absolute atomic E-state index is 10.6. The zero-order chi connectivity index (χ0) is 22.0. The molecule has 4 rings (SSSR count). The molecule has 1 aliphatic heterocycles. The molecule has 31 heavy (non-hydrogen) atoms. The Morgan fingerprint density at radius 1 is 1.10 bits per heavy atom. The van der Waals surface area contributed by atoms with E-state index < -0.39 is 0 Å². The molecule has 3 heterocycles. The second-order valence-electron chi connectivity index (χ2n) is 8.14. The number of aromatic hydroxyl groups is 1. The van der Waals surface area contributed by atoms with Gasteiger partial charge in [-0.15, -0.1) is 10.2 Å². The lowest BCUT2D eigenvalue weighted by Gasteiger charge is -2.39. The van der Waals surface area contributed by atoms with Crippen LogP contribution in [0.5, 0.6) is 11.6 Å². The van der Waals surface area contributed by atoms with Gasteiger partial charge in [0.1, 0.15) is 17.8 Å². The third-order valence-corrected chi connectivity index (χ3v) is 5.47. The van der Waals surface area contributed by atoms with Crippen molar-refractivity contribution in [3.05, 3.63) is 36.8 Å². The van der Waals surface area contributed by atoms with E-state index in [1.807, 2.05) is 6.07 Å². The highest BCUT2D eigenvalue weighted by atomic mass is 16.5. The Hall–Kier alpha value is -3.33. The van der Waals surface area contributed by atoms with Crippen LogP contribution >= 0.6 is 0 Å². The molecule has 0 radical (unpaired) electrons. The van der Waals surface area contributed by atoms with Crippen molar-refractivity contribution in [2.75, 3.05) is 25.1 Å². The van der Waals surface area contributed by atoms with Gasteiger partial charge in [-0.1, -0.05) is 19.9 Å². The van der Waals surface area contributed by atoms with Crippen molar-refractivity contribution in [1.82, 2.24) is 30.5 Å². The van der Waals surface area contributed by atoms with Gasteiger partial charge in [0, 0.05) is 42.4 Å². The van der Waals surface area contributed by atoms with E-state index in [1.165, 1.54) is 6.33 Å². The van der Waals surface area contributed by atoms with Crippen LogP contribution in [0.1, 0.15) is 20.8 Å². The van der Waals surface area contributed by atoms with Gasteiger partial charge in [0.2, 0.25) is 11.8 Å². The number of aromatic nitrogens is 5. The third-order valence-electron chi connectivity index (χ3n) is 5.47. The fourth-order valence-electron chi connectivity index (χ4n) is 3.73. The van der Waals surface area contributed by atoms with E-state index in [4.69, 9.17) is 4.74 Å². The summed E-state index contributed by atoms with van der Waals surface area (Å²) in [7, 11) is 1.55. The van der Waals surface area contributed by atoms with Crippen LogP contribution in [0.2, 0.25) is 0 Å². The molecule has 1 saturated heterocycles. The van der Waals surface area contributed by atoms with Crippen LogP contribution in [0.3, 0.4) is 0 Å². The predicted molar refractivity (Wildman–Crippen MR) is 118 cm³/mol. The van der Waals surface area contributed by atoms with Gasteiger partial charge in [0.05, 0.1) is 19.0 Å². The molecule has 0 spiro atoms. The molecule has 2 aromatic heterocycles. The molecule has 0 aliphatic carbocycles. The van der Waals surface area contributed by atoms with Gasteiger partial charge in [-0.2, -0.15) is 0 Å². The average molecular weight is 422 g/mol. The van der Waals surface area contributed by atoms with Crippen LogP contribution in [-0.2, 0) is 0 Å². The van der Waals surface area contributed by atoms with Gasteiger partial charge in [0.25, 0.3) is 0 Å². The molecule has 2 N–H and O–H groups in total. The first-order chi connectivity index (χ1) is 14.9. The van der Waals surface area contributed by atoms with E-state index in [0.29, 0.717) is 46.8 Å². The van der Waals surface area contributed by atoms with Gasteiger partial charge in [-0.05, 0) is 25.0 Å². The Morgan fingerprint density at radius 2 is 1.94 bits per heavy atom.